The Bertz CT molecular complexity index is 1030. The van der Waals surface area contributed by atoms with Crippen LogP contribution in [0, 0.1) is 29.1 Å². The van der Waals surface area contributed by atoms with Crippen molar-refractivity contribution in [3.8, 4) is 11.3 Å². The van der Waals surface area contributed by atoms with Gasteiger partial charge in [-0.05, 0) is 0 Å². The molecular weight excluding hydrogens is 367 g/mol. The van der Waals surface area contributed by atoms with Crippen molar-refractivity contribution >= 4 is 26.3 Å². The van der Waals surface area contributed by atoms with E-state index in [9.17, 15) is 30.4 Å². The maximum Gasteiger partial charge on any atom is 0.267 e. The van der Waals surface area contributed by atoms with Gasteiger partial charge in [0, 0.05) is 0 Å². The first-order valence-corrected chi connectivity index (χ1v) is 7.88. The Morgan fingerprint density at radius 2 is 1.52 bits per heavy atom. The van der Waals surface area contributed by atoms with Crippen molar-refractivity contribution in [3.63, 3.8) is 0 Å². The third-order valence-corrected chi connectivity index (χ3v) is 5.01. The van der Waals surface area contributed by atoms with Gasteiger partial charge in [0.2, 0.25) is 15.1 Å². The molecule has 1 aromatic carbocycles. The van der Waals surface area contributed by atoms with Crippen molar-refractivity contribution in [2.45, 2.75) is 4.34 Å². The maximum atomic E-state index is 13.8. The lowest BCUT2D eigenvalue weighted by atomic mass is 10.1. The predicted molar refractivity (Wildman–Crippen MR) is 67.5 cm³/mol. The van der Waals surface area contributed by atoms with Crippen molar-refractivity contribution in [3.05, 3.63) is 35.3 Å². The number of nitrogens with zero attached hydrogens (tertiary/aromatic N) is 3. The molecule has 23 heavy (non-hydrogen) atoms. The molecule has 0 atom stereocenters. The standard InChI is InChI=1S/C10H3F5N4O2S2/c11-4-3(5(12)7(14)8(15)6(4)13)2-1-17-9-19(2)18-10(22-9)23(16,20)21/h1H,(H2,16,20,21). The van der Waals surface area contributed by atoms with E-state index in [1.54, 1.807) is 0 Å². The van der Waals surface area contributed by atoms with Crippen LogP contribution in [0.4, 0.5) is 22.0 Å². The summed E-state index contributed by atoms with van der Waals surface area (Å²) in [4.78, 5) is 3.46. The first kappa shape index (κ1) is 15.8. The molecule has 2 aromatic heterocycles. The lowest BCUT2D eigenvalue weighted by Gasteiger charge is -2.06. The second-order valence-corrected chi connectivity index (χ2v) is 6.89. The van der Waals surface area contributed by atoms with Gasteiger partial charge >= 0.3 is 0 Å². The van der Waals surface area contributed by atoms with Gasteiger partial charge in [-0.3, -0.25) is 0 Å². The smallest absolute Gasteiger partial charge is 0.225 e. The molecule has 2 N–H and O–H groups in total. The van der Waals surface area contributed by atoms with Gasteiger partial charge in [0.1, 0.15) is 0 Å². The third kappa shape index (κ3) is 2.27. The fourth-order valence-corrected chi connectivity index (χ4v) is 3.28. The Hall–Kier alpha value is -2.12. The highest BCUT2D eigenvalue weighted by molar-refractivity contribution is 7.91. The summed E-state index contributed by atoms with van der Waals surface area (Å²) in [6, 6.07) is 0. The average molecular weight is 370 g/mol. The molecule has 0 aliphatic rings. The number of primary sulfonamides is 1. The van der Waals surface area contributed by atoms with Crippen LogP contribution in [0.1, 0.15) is 0 Å². The molecule has 0 bridgehead atoms. The minimum absolute atomic E-state index is 0.159. The number of hydrogen-bond acceptors (Lipinski definition) is 5. The largest absolute Gasteiger partial charge is 0.267 e. The summed E-state index contributed by atoms with van der Waals surface area (Å²) >= 11 is 0.464. The monoisotopic (exact) mass is 370 g/mol. The summed E-state index contributed by atoms with van der Waals surface area (Å²) < 4.78 is 89.6. The number of hydrogen-bond donors (Lipinski definition) is 1. The van der Waals surface area contributed by atoms with Crippen LogP contribution in [0.5, 0.6) is 0 Å². The molecule has 0 radical (unpaired) electrons. The molecule has 0 spiro atoms. The van der Waals surface area contributed by atoms with Crippen LogP contribution in [0.2, 0.25) is 0 Å². The van der Waals surface area contributed by atoms with E-state index in [-0.39, 0.29) is 4.96 Å². The minimum atomic E-state index is -4.23. The molecule has 3 rings (SSSR count). The molecule has 3 aromatic rings. The molecule has 6 nitrogen and oxygen atoms in total. The third-order valence-electron chi connectivity index (χ3n) is 2.78. The Balaban J connectivity index is 2.36. The number of sulfonamides is 1. The van der Waals surface area contributed by atoms with Crippen molar-refractivity contribution in [1.29, 1.82) is 0 Å². The second kappa shape index (κ2) is 4.94. The molecule has 0 saturated heterocycles. The van der Waals surface area contributed by atoms with E-state index in [1.807, 2.05) is 0 Å². The quantitative estimate of drug-likeness (QED) is 0.423. The maximum absolute atomic E-state index is 13.8. The summed E-state index contributed by atoms with van der Waals surface area (Å²) in [6.45, 7) is 0. The molecule has 0 aliphatic carbocycles. The number of nitrogens with two attached hydrogens (primary N) is 1. The minimum Gasteiger partial charge on any atom is -0.225 e. The van der Waals surface area contributed by atoms with Crippen LogP contribution in [-0.4, -0.2) is 23.0 Å². The molecule has 122 valence electrons. The summed E-state index contributed by atoms with van der Waals surface area (Å²) in [7, 11) is -4.23. The number of fused-ring (bicyclic) bond motifs is 1. The van der Waals surface area contributed by atoms with Crippen molar-refractivity contribution in [1.82, 2.24) is 14.6 Å². The summed E-state index contributed by atoms with van der Waals surface area (Å²) in [6.07, 6.45) is 0.796. The molecule has 2 heterocycles. The van der Waals surface area contributed by atoms with E-state index < -0.39 is 54.7 Å². The summed E-state index contributed by atoms with van der Waals surface area (Å²) in [5.41, 5.74) is -1.89. The van der Waals surface area contributed by atoms with Crippen LogP contribution in [-0.2, 0) is 10.0 Å². The van der Waals surface area contributed by atoms with E-state index in [1.165, 1.54) is 0 Å². The topological polar surface area (TPSA) is 90.4 Å². The van der Waals surface area contributed by atoms with Gasteiger partial charge in [-0.15, -0.1) is 5.10 Å². The number of rotatable bonds is 2. The Labute approximate surface area is 128 Å². The van der Waals surface area contributed by atoms with Gasteiger partial charge in [0.05, 0.1) is 17.5 Å². The van der Waals surface area contributed by atoms with Gasteiger partial charge in [-0.1, -0.05) is 11.3 Å². The molecule has 0 amide bonds. The molecule has 0 fully saturated rings. The molecule has 0 saturated carbocycles. The molecule has 13 heteroatoms. The van der Waals surface area contributed by atoms with Crippen molar-refractivity contribution in [2.24, 2.45) is 5.14 Å². The number of benzene rings is 1. The average Bonchev–Trinajstić information content (AvgIpc) is 3.04. The molecule has 0 unspecified atom stereocenters. The Kier molecular flexibility index (Phi) is 3.38. The predicted octanol–water partition coefficient (Wildman–Crippen LogP) is 1.80. The molecular formula is C10H3F5N4O2S2. The zero-order chi connectivity index (χ0) is 17.1. The number of imidazole rings is 1. The SMILES string of the molecule is NS(=O)(=O)c1nn2c(-c3c(F)c(F)c(F)c(F)c3F)cnc2s1. The fourth-order valence-electron chi connectivity index (χ4n) is 1.79. The Morgan fingerprint density at radius 3 is 2.04 bits per heavy atom. The fraction of sp³-hybridized carbons (Fsp3) is 0. The number of halogens is 5. The van der Waals surface area contributed by atoms with Gasteiger partial charge in [0.15, 0.2) is 23.3 Å². The van der Waals surface area contributed by atoms with Crippen LogP contribution in [0.25, 0.3) is 16.2 Å². The van der Waals surface area contributed by atoms with Gasteiger partial charge in [0.25, 0.3) is 10.0 Å². The lowest BCUT2D eigenvalue weighted by molar-refractivity contribution is 0.381. The van der Waals surface area contributed by atoms with Crippen LogP contribution in [0.3, 0.4) is 0 Å². The molecule has 0 aliphatic heterocycles. The van der Waals surface area contributed by atoms with Gasteiger partial charge in [-0.2, -0.15) is 0 Å². The Morgan fingerprint density at radius 1 is 1.00 bits per heavy atom. The van der Waals surface area contributed by atoms with Crippen molar-refractivity contribution in [2.75, 3.05) is 0 Å². The van der Waals surface area contributed by atoms with E-state index in [0.29, 0.717) is 15.9 Å². The van der Waals surface area contributed by atoms with E-state index in [0.717, 1.165) is 6.20 Å². The zero-order valence-corrected chi connectivity index (χ0v) is 12.2. The van der Waals surface area contributed by atoms with Crippen LogP contribution < -0.4 is 5.14 Å². The van der Waals surface area contributed by atoms with E-state index in [4.69, 9.17) is 5.14 Å². The van der Waals surface area contributed by atoms with Crippen molar-refractivity contribution < 1.29 is 30.4 Å². The highest BCUT2D eigenvalue weighted by Crippen LogP contribution is 2.33. The summed E-state index contributed by atoms with van der Waals surface area (Å²) in [5, 5.41) is 8.33. The highest BCUT2D eigenvalue weighted by Gasteiger charge is 2.29. The first-order chi connectivity index (χ1) is 10.6. The van der Waals surface area contributed by atoms with Gasteiger partial charge < -0.3 is 0 Å². The second-order valence-electron chi connectivity index (χ2n) is 4.20. The summed E-state index contributed by atoms with van der Waals surface area (Å²) in [5.74, 6) is -10.8. The zero-order valence-electron chi connectivity index (χ0n) is 10.5. The number of aromatic nitrogens is 3. The normalized spacial score (nSPS) is 12.3. The van der Waals surface area contributed by atoms with Crippen LogP contribution in [0.15, 0.2) is 10.5 Å². The lowest BCUT2D eigenvalue weighted by Crippen LogP contribution is -2.12. The van der Waals surface area contributed by atoms with Crippen LogP contribution >= 0.6 is 11.3 Å². The van der Waals surface area contributed by atoms with Gasteiger partial charge in [-0.25, -0.2) is 45.0 Å². The van der Waals surface area contributed by atoms with E-state index in [2.05, 4.69) is 10.1 Å². The first-order valence-electron chi connectivity index (χ1n) is 5.52. The van der Waals surface area contributed by atoms with E-state index >= 15 is 0 Å². The highest BCUT2D eigenvalue weighted by atomic mass is 32.2.